The van der Waals surface area contributed by atoms with Crippen molar-refractivity contribution in [1.29, 1.82) is 5.26 Å². The molecule has 1 aromatic rings. The number of aryl methyl sites for hydroxylation is 1. The Balaban J connectivity index is 2.35. The predicted octanol–water partition coefficient (Wildman–Crippen LogP) is 1.54. The van der Waals surface area contributed by atoms with Crippen molar-refractivity contribution in [2.75, 3.05) is 6.54 Å². The first-order valence-corrected chi connectivity index (χ1v) is 5.20. The van der Waals surface area contributed by atoms with E-state index >= 15 is 0 Å². The van der Waals surface area contributed by atoms with E-state index in [2.05, 4.69) is 23.4 Å². The Morgan fingerprint density at radius 3 is 2.87 bits per heavy atom. The van der Waals surface area contributed by atoms with E-state index in [9.17, 15) is 0 Å². The summed E-state index contributed by atoms with van der Waals surface area (Å²) in [5.74, 6) is 0. The van der Waals surface area contributed by atoms with Crippen LogP contribution in [0.4, 0.5) is 0 Å². The molecule has 82 valence electrons. The summed E-state index contributed by atoms with van der Waals surface area (Å²) in [7, 11) is 0. The summed E-state index contributed by atoms with van der Waals surface area (Å²) in [5.41, 5.74) is 0.853. The molecule has 0 saturated heterocycles. The number of hydrogen-bond donors (Lipinski definition) is 1. The van der Waals surface area contributed by atoms with E-state index in [1.807, 2.05) is 30.9 Å². The molecule has 15 heavy (non-hydrogen) atoms. The number of nitrogens with one attached hydrogen (secondary N) is 1. The molecule has 0 aliphatic heterocycles. The first kappa shape index (κ1) is 11.7. The molecule has 1 N–H and O–H groups in total. The van der Waals surface area contributed by atoms with Gasteiger partial charge in [-0.2, -0.15) is 10.4 Å². The normalized spacial score (nSPS) is 11.3. The Labute approximate surface area is 90.9 Å². The molecule has 4 nitrogen and oxygen atoms in total. The number of hydrogen-bond acceptors (Lipinski definition) is 3. The maximum absolute atomic E-state index is 8.83. The van der Waals surface area contributed by atoms with Crippen LogP contribution >= 0.6 is 0 Å². The van der Waals surface area contributed by atoms with Crippen molar-refractivity contribution >= 4 is 0 Å². The lowest BCUT2D eigenvalue weighted by Crippen LogP contribution is -2.27. The first-order valence-electron chi connectivity index (χ1n) is 5.20. The van der Waals surface area contributed by atoms with Crippen LogP contribution in [0.25, 0.3) is 0 Å². The van der Waals surface area contributed by atoms with Gasteiger partial charge in [0, 0.05) is 31.4 Å². The van der Waals surface area contributed by atoms with Crippen molar-refractivity contribution in [3.8, 4) is 6.07 Å². The fourth-order valence-corrected chi connectivity index (χ4v) is 1.23. The van der Waals surface area contributed by atoms with Crippen LogP contribution < -0.4 is 5.32 Å². The zero-order valence-corrected chi connectivity index (χ0v) is 9.62. The molecule has 0 radical (unpaired) electrons. The van der Waals surface area contributed by atoms with Crippen LogP contribution in [-0.2, 0) is 13.1 Å². The highest BCUT2D eigenvalue weighted by molar-refractivity contribution is 5.04. The second-order valence-electron chi connectivity index (χ2n) is 4.30. The van der Waals surface area contributed by atoms with Gasteiger partial charge in [-0.25, -0.2) is 0 Å². The molecule has 0 bridgehead atoms. The standard InChI is InChI=1S/C11H18N4/c1-4-15-7-10(6-14-15)5-13-9-11(2,3)8-12/h6-7,13H,4-5,9H2,1-3H3. The van der Waals surface area contributed by atoms with Gasteiger partial charge >= 0.3 is 0 Å². The van der Waals surface area contributed by atoms with Gasteiger partial charge in [0.05, 0.1) is 17.7 Å². The van der Waals surface area contributed by atoms with Crippen LogP contribution in [0.3, 0.4) is 0 Å². The Morgan fingerprint density at radius 2 is 2.33 bits per heavy atom. The van der Waals surface area contributed by atoms with Gasteiger partial charge in [0.1, 0.15) is 0 Å². The minimum atomic E-state index is -0.305. The Morgan fingerprint density at radius 1 is 1.60 bits per heavy atom. The molecule has 0 aromatic carbocycles. The third-order valence-electron chi connectivity index (χ3n) is 2.21. The molecule has 0 unspecified atom stereocenters. The van der Waals surface area contributed by atoms with E-state index < -0.39 is 0 Å². The lowest BCUT2D eigenvalue weighted by Gasteiger charge is -2.15. The average molecular weight is 206 g/mol. The van der Waals surface area contributed by atoms with Crippen LogP contribution in [0.2, 0.25) is 0 Å². The monoisotopic (exact) mass is 206 g/mol. The van der Waals surface area contributed by atoms with Gasteiger partial charge in [-0.1, -0.05) is 0 Å². The van der Waals surface area contributed by atoms with Gasteiger partial charge in [-0.05, 0) is 20.8 Å². The van der Waals surface area contributed by atoms with Crippen LogP contribution in [-0.4, -0.2) is 16.3 Å². The fraction of sp³-hybridized carbons (Fsp3) is 0.636. The molecule has 0 fully saturated rings. The molecule has 0 spiro atoms. The van der Waals surface area contributed by atoms with Gasteiger partial charge in [0.2, 0.25) is 0 Å². The van der Waals surface area contributed by atoms with Crippen molar-refractivity contribution in [2.45, 2.75) is 33.9 Å². The summed E-state index contributed by atoms with van der Waals surface area (Å²) in [6.45, 7) is 8.27. The molecule has 1 rings (SSSR count). The zero-order chi connectivity index (χ0) is 11.3. The number of aromatic nitrogens is 2. The highest BCUT2D eigenvalue weighted by atomic mass is 15.3. The highest BCUT2D eigenvalue weighted by Gasteiger charge is 2.15. The fourth-order valence-electron chi connectivity index (χ4n) is 1.23. The Kier molecular flexibility index (Phi) is 3.87. The summed E-state index contributed by atoms with van der Waals surface area (Å²) < 4.78 is 1.90. The van der Waals surface area contributed by atoms with E-state index in [1.54, 1.807) is 0 Å². The van der Waals surface area contributed by atoms with Crippen molar-refractivity contribution in [2.24, 2.45) is 5.41 Å². The number of rotatable bonds is 5. The molecule has 0 aliphatic rings. The predicted molar refractivity (Wildman–Crippen MR) is 59.0 cm³/mol. The first-order chi connectivity index (χ1) is 7.07. The Hall–Kier alpha value is -1.34. The lowest BCUT2D eigenvalue weighted by molar-refractivity contribution is 0.445. The average Bonchev–Trinajstić information content (AvgIpc) is 2.66. The van der Waals surface area contributed by atoms with E-state index in [0.29, 0.717) is 6.54 Å². The third kappa shape index (κ3) is 3.72. The molecular formula is C11H18N4. The van der Waals surface area contributed by atoms with Crippen LogP contribution in [0, 0.1) is 16.7 Å². The SMILES string of the molecule is CCn1cc(CNCC(C)(C)C#N)cn1. The molecule has 0 amide bonds. The number of nitrogens with zero attached hydrogens (tertiary/aromatic N) is 3. The topological polar surface area (TPSA) is 53.6 Å². The van der Waals surface area contributed by atoms with Crippen molar-refractivity contribution < 1.29 is 0 Å². The molecule has 1 heterocycles. The van der Waals surface area contributed by atoms with Crippen LogP contribution in [0.1, 0.15) is 26.3 Å². The van der Waals surface area contributed by atoms with Crippen molar-refractivity contribution in [3.05, 3.63) is 18.0 Å². The molecule has 1 aromatic heterocycles. The minimum Gasteiger partial charge on any atom is -0.311 e. The summed E-state index contributed by atoms with van der Waals surface area (Å²) in [6, 6.07) is 2.26. The maximum Gasteiger partial charge on any atom is 0.0697 e. The van der Waals surface area contributed by atoms with Crippen LogP contribution in [0.15, 0.2) is 12.4 Å². The van der Waals surface area contributed by atoms with Crippen LogP contribution in [0.5, 0.6) is 0 Å². The largest absolute Gasteiger partial charge is 0.311 e. The van der Waals surface area contributed by atoms with E-state index in [0.717, 1.165) is 18.7 Å². The highest BCUT2D eigenvalue weighted by Crippen LogP contribution is 2.10. The Bertz CT molecular complexity index is 346. The molecule has 0 atom stereocenters. The van der Waals surface area contributed by atoms with Gasteiger partial charge < -0.3 is 5.32 Å². The molecular weight excluding hydrogens is 188 g/mol. The van der Waals surface area contributed by atoms with Crippen molar-refractivity contribution in [1.82, 2.24) is 15.1 Å². The molecule has 0 saturated carbocycles. The second kappa shape index (κ2) is 4.94. The maximum atomic E-state index is 8.83. The molecule has 4 heteroatoms. The quantitative estimate of drug-likeness (QED) is 0.795. The van der Waals surface area contributed by atoms with Gasteiger partial charge in [-0.15, -0.1) is 0 Å². The number of nitriles is 1. The molecule has 0 aliphatic carbocycles. The van der Waals surface area contributed by atoms with E-state index in [-0.39, 0.29) is 5.41 Å². The smallest absolute Gasteiger partial charge is 0.0697 e. The summed E-state index contributed by atoms with van der Waals surface area (Å²) in [5, 5.41) is 16.3. The van der Waals surface area contributed by atoms with Gasteiger partial charge in [0.25, 0.3) is 0 Å². The summed E-state index contributed by atoms with van der Waals surface area (Å²) in [6.07, 6.45) is 3.88. The summed E-state index contributed by atoms with van der Waals surface area (Å²) >= 11 is 0. The van der Waals surface area contributed by atoms with Crippen molar-refractivity contribution in [3.63, 3.8) is 0 Å². The van der Waals surface area contributed by atoms with E-state index in [4.69, 9.17) is 5.26 Å². The third-order valence-corrected chi connectivity index (χ3v) is 2.21. The lowest BCUT2D eigenvalue weighted by atomic mass is 9.96. The van der Waals surface area contributed by atoms with E-state index in [1.165, 1.54) is 0 Å². The summed E-state index contributed by atoms with van der Waals surface area (Å²) in [4.78, 5) is 0. The minimum absolute atomic E-state index is 0.305. The van der Waals surface area contributed by atoms with Gasteiger partial charge in [0.15, 0.2) is 0 Å². The second-order valence-corrected chi connectivity index (χ2v) is 4.30. The van der Waals surface area contributed by atoms with Gasteiger partial charge in [-0.3, -0.25) is 4.68 Å². The zero-order valence-electron chi connectivity index (χ0n) is 9.62.